The van der Waals surface area contributed by atoms with Crippen molar-refractivity contribution in [3.8, 4) is 12.3 Å². The highest BCUT2D eigenvalue weighted by Crippen LogP contribution is 2.19. The first-order valence-electron chi connectivity index (χ1n) is 4.31. The van der Waals surface area contributed by atoms with E-state index in [1.807, 2.05) is 20.1 Å². The molecule has 0 amide bonds. The van der Waals surface area contributed by atoms with Crippen molar-refractivity contribution >= 4 is 29.2 Å². The minimum atomic E-state index is -0.451. The molecule has 3 nitrogen and oxygen atoms in total. The summed E-state index contributed by atoms with van der Waals surface area (Å²) in [5, 5.41) is 4.13. The molecule has 0 radical (unpaired) electrons. The van der Waals surface area contributed by atoms with Gasteiger partial charge in [-0.2, -0.15) is 0 Å². The Bertz CT molecular complexity index is 398. The molecule has 1 rings (SSSR count). The average Bonchev–Trinajstić information content (AvgIpc) is 2.16. The summed E-state index contributed by atoms with van der Waals surface area (Å²) < 4.78 is 0. The van der Waals surface area contributed by atoms with Gasteiger partial charge in [-0.25, -0.2) is 9.97 Å². The Morgan fingerprint density at radius 2 is 2.20 bits per heavy atom. The lowest BCUT2D eigenvalue weighted by atomic mass is 10.1. The maximum Gasteiger partial charge on any atom is 0.190 e. The Hall–Kier alpha value is -0.920. The third-order valence-electron chi connectivity index (χ3n) is 1.66. The molecular weight excluding hydrogens is 230 g/mol. The Morgan fingerprint density at radius 3 is 2.73 bits per heavy atom. The van der Waals surface area contributed by atoms with Crippen molar-refractivity contribution in [1.82, 2.24) is 9.97 Å². The lowest BCUT2D eigenvalue weighted by Gasteiger charge is -2.20. The molecule has 80 valence electrons. The van der Waals surface area contributed by atoms with Crippen molar-refractivity contribution in [1.29, 1.82) is 0 Å². The number of aromatic nitrogens is 2. The summed E-state index contributed by atoms with van der Waals surface area (Å²) in [4.78, 5) is 8.28. The summed E-state index contributed by atoms with van der Waals surface area (Å²) in [6, 6.07) is 1.65. The standard InChI is InChI=1S/C10H12ClN3S/c1-5-10(2,3)14-8-6-7(11)12-9(13-8)15-4/h1,6H,2-4H3,(H,12,13,14). The topological polar surface area (TPSA) is 37.8 Å². The fourth-order valence-corrected chi connectivity index (χ4v) is 1.52. The van der Waals surface area contributed by atoms with Gasteiger partial charge in [0.05, 0.1) is 5.54 Å². The Morgan fingerprint density at radius 1 is 1.53 bits per heavy atom. The zero-order valence-corrected chi connectivity index (χ0v) is 10.4. The lowest BCUT2D eigenvalue weighted by Crippen LogP contribution is -2.29. The number of rotatable bonds is 3. The van der Waals surface area contributed by atoms with Gasteiger partial charge in [-0.3, -0.25) is 0 Å². The molecule has 0 saturated heterocycles. The fraction of sp³-hybridized carbons (Fsp3) is 0.400. The second kappa shape index (κ2) is 4.73. The zero-order valence-electron chi connectivity index (χ0n) is 8.84. The monoisotopic (exact) mass is 241 g/mol. The molecule has 1 heterocycles. The summed E-state index contributed by atoms with van der Waals surface area (Å²) in [5.41, 5.74) is -0.451. The molecule has 0 aromatic carbocycles. The third kappa shape index (κ3) is 3.61. The number of hydrogen-bond donors (Lipinski definition) is 1. The first-order valence-corrected chi connectivity index (χ1v) is 5.91. The van der Waals surface area contributed by atoms with Crippen LogP contribution in [-0.4, -0.2) is 21.8 Å². The molecule has 0 aliphatic rings. The van der Waals surface area contributed by atoms with E-state index in [9.17, 15) is 0 Å². The van der Waals surface area contributed by atoms with Crippen LogP contribution in [0.2, 0.25) is 5.15 Å². The second-order valence-electron chi connectivity index (χ2n) is 3.46. The summed E-state index contributed by atoms with van der Waals surface area (Å²) in [6.45, 7) is 3.78. The van der Waals surface area contributed by atoms with E-state index in [2.05, 4.69) is 21.2 Å². The smallest absolute Gasteiger partial charge is 0.190 e. The molecule has 0 fully saturated rings. The summed E-state index contributed by atoms with van der Waals surface area (Å²) in [5.74, 6) is 3.27. The number of terminal acetylenes is 1. The molecule has 1 N–H and O–H groups in total. The van der Waals surface area contributed by atoms with Gasteiger partial charge in [-0.15, -0.1) is 6.42 Å². The Kier molecular flexibility index (Phi) is 3.83. The highest BCUT2D eigenvalue weighted by atomic mass is 35.5. The van der Waals surface area contributed by atoms with E-state index in [1.165, 1.54) is 11.8 Å². The maximum atomic E-state index is 5.84. The molecular formula is C10H12ClN3S. The van der Waals surface area contributed by atoms with Crippen LogP contribution in [0, 0.1) is 12.3 Å². The van der Waals surface area contributed by atoms with Gasteiger partial charge in [-0.05, 0) is 20.1 Å². The van der Waals surface area contributed by atoms with Crippen LogP contribution < -0.4 is 5.32 Å². The Labute approximate surface area is 99.0 Å². The SMILES string of the molecule is C#CC(C)(C)Nc1cc(Cl)nc(SC)n1. The number of nitrogens with one attached hydrogen (secondary N) is 1. The molecule has 0 aliphatic heterocycles. The van der Waals surface area contributed by atoms with Crippen molar-refractivity contribution in [3.05, 3.63) is 11.2 Å². The second-order valence-corrected chi connectivity index (χ2v) is 4.62. The highest BCUT2D eigenvalue weighted by Gasteiger charge is 2.14. The van der Waals surface area contributed by atoms with Gasteiger partial charge < -0.3 is 5.32 Å². The largest absolute Gasteiger partial charge is 0.354 e. The lowest BCUT2D eigenvalue weighted by molar-refractivity contribution is 0.731. The number of anilines is 1. The van der Waals surface area contributed by atoms with Gasteiger partial charge in [0.1, 0.15) is 11.0 Å². The normalized spacial score (nSPS) is 10.9. The quantitative estimate of drug-likeness (QED) is 0.382. The van der Waals surface area contributed by atoms with Crippen LogP contribution in [0.15, 0.2) is 11.2 Å². The molecule has 0 atom stereocenters. The molecule has 0 aliphatic carbocycles. The summed E-state index contributed by atoms with van der Waals surface area (Å²) >= 11 is 7.28. The van der Waals surface area contributed by atoms with Crippen molar-refractivity contribution in [2.24, 2.45) is 0 Å². The van der Waals surface area contributed by atoms with Crippen LogP contribution in [0.25, 0.3) is 0 Å². The van der Waals surface area contributed by atoms with Gasteiger partial charge in [0.25, 0.3) is 0 Å². The van der Waals surface area contributed by atoms with Gasteiger partial charge in [0.15, 0.2) is 5.16 Å². The average molecular weight is 242 g/mol. The number of nitrogens with zero attached hydrogens (tertiary/aromatic N) is 2. The first kappa shape index (κ1) is 12.2. The van der Waals surface area contributed by atoms with E-state index >= 15 is 0 Å². The van der Waals surface area contributed by atoms with E-state index < -0.39 is 5.54 Å². The molecule has 0 bridgehead atoms. The first-order chi connectivity index (χ1) is 6.96. The van der Waals surface area contributed by atoms with Crippen LogP contribution in [0.4, 0.5) is 5.82 Å². The van der Waals surface area contributed by atoms with Gasteiger partial charge in [0.2, 0.25) is 0 Å². The van der Waals surface area contributed by atoms with E-state index in [1.54, 1.807) is 6.07 Å². The van der Waals surface area contributed by atoms with E-state index in [4.69, 9.17) is 18.0 Å². The van der Waals surface area contributed by atoms with Gasteiger partial charge in [-0.1, -0.05) is 29.3 Å². The molecule has 1 aromatic rings. The third-order valence-corrected chi connectivity index (χ3v) is 2.40. The van der Waals surface area contributed by atoms with Crippen molar-refractivity contribution in [2.75, 3.05) is 11.6 Å². The van der Waals surface area contributed by atoms with Crippen LogP contribution in [0.3, 0.4) is 0 Å². The van der Waals surface area contributed by atoms with Crippen LogP contribution in [-0.2, 0) is 0 Å². The molecule has 5 heteroatoms. The molecule has 1 aromatic heterocycles. The highest BCUT2D eigenvalue weighted by molar-refractivity contribution is 7.98. The number of hydrogen-bond acceptors (Lipinski definition) is 4. The predicted octanol–water partition coefficient (Wildman–Crippen LogP) is 2.68. The Balaban J connectivity index is 2.96. The van der Waals surface area contributed by atoms with E-state index in [0.29, 0.717) is 16.1 Å². The summed E-state index contributed by atoms with van der Waals surface area (Å²) in [7, 11) is 0. The van der Waals surface area contributed by atoms with Crippen LogP contribution in [0.1, 0.15) is 13.8 Å². The number of halogens is 1. The zero-order chi connectivity index (χ0) is 11.5. The number of thioether (sulfide) groups is 1. The summed E-state index contributed by atoms with van der Waals surface area (Å²) in [6.07, 6.45) is 7.26. The molecule has 15 heavy (non-hydrogen) atoms. The predicted molar refractivity (Wildman–Crippen MR) is 65.4 cm³/mol. The van der Waals surface area contributed by atoms with Gasteiger partial charge >= 0.3 is 0 Å². The molecule has 0 spiro atoms. The minimum Gasteiger partial charge on any atom is -0.354 e. The van der Waals surface area contributed by atoms with Crippen LogP contribution >= 0.6 is 23.4 Å². The van der Waals surface area contributed by atoms with Crippen molar-refractivity contribution in [2.45, 2.75) is 24.5 Å². The molecule has 0 saturated carbocycles. The van der Waals surface area contributed by atoms with Crippen molar-refractivity contribution < 1.29 is 0 Å². The fourth-order valence-electron chi connectivity index (χ4n) is 0.908. The van der Waals surface area contributed by atoms with E-state index in [-0.39, 0.29) is 0 Å². The minimum absolute atomic E-state index is 0.407. The van der Waals surface area contributed by atoms with E-state index in [0.717, 1.165) is 0 Å². The maximum absolute atomic E-state index is 5.84. The van der Waals surface area contributed by atoms with Crippen molar-refractivity contribution in [3.63, 3.8) is 0 Å². The van der Waals surface area contributed by atoms with Gasteiger partial charge in [0, 0.05) is 6.07 Å². The molecule has 0 unspecified atom stereocenters. The van der Waals surface area contributed by atoms with Crippen LogP contribution in [0.5, 0.6) is 0 Å².